The summed E-state index contributed by atoms with van der Waals surface area (Å²) in [6.07, 6.45) is 5.81. The van der Waals surface area contributed by atoms with Crippen molar-refractivity contribution in [1.29, 1.82) is 0 Å². The lowest BCUT2D eigenvalue weighted by Crippen LogP contribution is -1.91. The van der Waals surface area contributed by atoms with Crippen molar-refractivity contribution < 1.29 is 0 Å². The molecule has 0 atom stereocenters. The zero-order valence-electron chi connectivity index (χ0n) is 9.64. The lowest BCUT2D eigenvalue weighted by atomic mass is 9.95. The Morgan fingerprint density at radius 1 is 1.06 bits per heavy atom. The molecule has 1 aromatic carbocycles. The first-order chi connectivity index (χ1) is 7.83. The first-order valence-corrected chi connectivity index (χ1v) is 5.45. The number of benzene rings is 1. The standard InChI is InChI=1S/C15H15N/c1-3-14(13-8-10-16-11-9-13)15-7-5-4-6-12(15)2/h3-11H,1-2H3/b14-3-. The van der Waals surface area contributed by atoms with Crippen LogP contribution < -0.4 is 0 Å². The minimum atomic E-state index is 1.21. The Morgan fingerprint density at radius 2 is 1.75 bits per heavy atom. The molecule has 1 aromatic heterocycles. The Hall–Kier alpha value is -1.89. The summed E-state index contributed by atoms with van der Waals surface area (Å²) in [6.45, 7) is 4.21. The number of pyridine rings is 1. The van der Waals surface area contributed by atoms with Crippen molar-refractivity contribution in [3.05, 3.63) is 71.6 Å². The van der Waals surface area contributed by atoms with E-state index < -0.39 is 0 Å². The zero-order chi connectivity index (χ0) is 11.4. The molecular formula is C15H15N. The van der Waals surface area contributed by atoms with Crippen LogP contribution in [0.1, 0.15) is 23.6 Å². The molecule has 0 N–H and O–H groups in total. The van der Waals surface area contributed by atoms with E-state index in [1.165, 1.54) is 22.3 Å². The predicted molar refractivity (Wildman–Crippen MR) is 68.2 cm³/mol. The van der Waals surface area contributed by atoms with E-state index in [0.29, 0.717) is 0 Å². The third kappa shape index (κ3) is 2.03. The molecule has 2 rings (SSSR count). The number of nitrogens with zero attached hydrogens (tertiary/aromatic N) is 1. The maximum atomic E-state index is 4.05. The van der Waals surface area contributed by atoms with Crippen LogP contribution in [-0.4, -0.2) is 4.98 Å². The van der Waals surface area contributed by atoms with Gasteiger partial charge < -0.3 is 0 Å². The summed E-state index contributed by atoms with van der Waals surface area (Å²) in [6, 6.07) is 12.5. The molecule has 1 nitrogen and oxygen atoms in total. The molecule has 0 aliphatic heterocycles. The fourth-order valence-electron chi connectivity index (χ4n) is 1.88. The van der Waals surface area contributed by atoms with Crippen LogP contribution in [0.25, 0.3) is 5.57 Å². The number of allylic oxidation sites excluding steroid dienone is 1. The molecule has 16 heavy (non-hydrogen) atoms. The summed E-state index contributed by atoms with van der Waals surface area (Å²) in [5.41, 5.74) is 5.07. The molecule has 1 heteroatoms. The molecule has 80 valence electrons. The lowest BCUT2D eigenvalue weighted by molar-refractivity contribution is 1.31. The number of aryl methyl sites for hydroxylation is 1. The monoisotopic (exact) mass is 209 g/mol. The normalized spacial score (nSPS) is 11.5. The van der Waals surface area contributed by atoms with Gasteiger partial charge in [-0.15, -0.1) is 0 Å². The Balaban J connectivity index is 2.51. The van der Waals surface area contributed by atoms with Crippen LogP contribution in [0.15, 0.2) is 54.9 Å². The maximum Gasteiger partial charge on any atom is 0.0273 e. The van der Waals surface area contributed by atoms with Gasteiger partial charge in [0.1, 0.15) is 0 Å². The van der Waals surface area contributed by atoms with Gasteiger partial charge in [-0.2, -0.15) is 0 Å². The topological polar surface area (TPSA) is 12.9 Å². The van der Waals surface area contributed by atoms with E-state index in [4.69, 9.17) is 0 Å². The van der Waals surface area contributed by atoms with Crippen LogP contribution in [0.4, 0.5) is 0 Å². The molecule has 1 heterocycles. The molecule has 2 aromatic rings. The second-order valence-corrected chi connectivity index (χ2v) is 3.75. The number of aromatic nitrogens is 1. The van der Waals surface area contributed by atoms with Crippen LogP contribution in [0.2, 0.25) is 0 Å². The predicted octanol–water partition coefficient (Wildman–Crippen LogP) is 3.84. The maximum absolute atomic E-state index is 4.05. The lowest BCUT2D eigenvalue weighted by Gasteiger charge is -2.10. The van der Waals surface area contributed by atoms with E-state index in [-0.39, 0.29) is 0 Å². The second kappa shape index (κ2) is 4.75. The SMILES string of the molecule is C/C=C(/c1ccncc1)c1ccccc1C. The molecule has 0 amide bonds. The number of hydrogen-bond acceptors (Lipinski definition) is 1. The number of hydrogen-bond donors (Lipinski definition) is 0. The van der Waals surface area contributed by atoms with Crippen molar-refractivity contribution in [3.63, 3.8) is 0 Å². The van der Waals surface area contributed by atoms with Gasteiger partial charge in [0.15, 0.2) is 0 Å². The van der Waals surface area contributed by atoms with Crippen LogP contribution in [0, 0.1) is 6.92 Å². The van der Waals surface area contributed by atoms with Gasteiger partial charge in [0.2, 0.25) is 0 Å². The van der Waals surface area contributed by atoms with Crippen molar-refractivity contribution in [2.75, 3.05) is 0 Å². The Kier molecular flexibility index (Phi) is 3.16. The average Bonchev–Trinajstić information content (AvgIpc) is 2.34. The highest BCUT2D eigenvalue weighted by Crippen LogP contribution is 2.25. The van der Waals surface area contributed by atoms with Crippen LogP contribution >= 0.6 is 0 Å². The van der Waals surface area contributed by atoms with Crippen molar-refractivity contribution in [1.82, 2.24) is 4.98 Å². The van der Waals surface area contributed by atoms with Crippen molar-refractivity contribution in [2.24, 2.45) is 0 Å². The molecule has 0 saturated heterocycles. The highest BCUT2D eigenvalue weighted by atomic mass is 14.6. The van der Waals surface area contributed by atoms with E-state index >= 15 is 0 Å². The summed E-state index contributed by atoms with van der Waals surface area (Å²) < 4.78 is 0. The smallest absolute Gasteiger partial charge is 0.0273 e. The molecule has 0 bridgehead atoms. The first-order valence-electron chi connectivity index (χ1n) is 5.45. The quantitative estimate of drug-likeness (QED) is 0.732. The summed E-state index contributed by atoms with van der Waals surface area (Å²) >= 11 is 0. The van der Waals surface area contributed by atoms with Crippen LogP contribution in [0.3, 0.4) is 0 Å². The zero-order valence-corrected chi connectivity index (χ0v) is 9.64. The minimum absolute atomic E-state index is 1.21. The molecule has 0 unspecified atom stereocenters. The summed E-state index contributed by atoms with van der Waals surface area (Å²) in [7, 11) is 0. The van der Waals surface area contributed by atoms with Crippen LogP contribution in [-0.2, 0) is 0 Å². The molecule has 0 fully saturated rings. The summed E-state index contributed by atoms with van der Waals surface area (Å²) in [5.74, 6) is 0. The Labute approximate surface area is 96.5 Å². The molecule has 0 spiro atoms. The van der Waals surface area contributed by atoms with E-state index in [9.17, 15) is 0 Å². The molecular weight excluding hydrogens is 194 g/mol. The molecule has 0 saturated carbocycles. The summed E-state index contributed by atoms with van der Waals surface area (Å²) in [4.78, 5) is 4.05. The van der Waals surface area contributed by atoms with E-state index in [1.807, 2.05) is 24.5 Å². The Morgan fingerprint density at radius 3 is 2.38 bits per heavy atom. The van der Waals surface area contributed by atoms with Gasteiger partial charge in [-0.1, -0.05) is 30.3 Å². The van der Waals surface area contributed by atoms with Crippen molar-refractivity contribution >= 4 is 5.57 Å². The fraction of sp³-hybridized carbons (Fsp3) is 0.133. The van der Waals surface area contributed by atoms with Gasteiger partial charge in [-0.3, -0.25) is 4.98 Å². The van der Waals surface area contributed by atoms with Crippen LogP contribution in [0.5, 0.6) is 0 Å². The Bertz CT molecular complexity index is 498. The van der Waals surface area contributed by atoms with Gasteiger partial charge in [0.05, 0.1) is 0 Å². The first kappa shape index (κ1) is 10.6. The van der Waals surface area contributed by atoms with Gasteiger partial charge >= 0.3 is 0 Å². The second-order valence-electron chi connectivity index (χ2n) is 3.75. The average molecular weight is 209 g/mol. The van der Waals surface area contributed by atoms with E-state index in [2.05, 4.69) is 49.2 Å². The summed E-state index contributed by atoms with van der Waals surface area (Å²) in [5, 5.41) is 0. The van der Waals surface area contributed by atoms with Crippen molar-refractivity contribution in [3.8, 4) is 0 Å². The molecule has 0 aliphatic carbocycles. The van der Waals surface area contributed by atoms with Gasteiger partial charge in [0, 0.05) is 12.4 Å². The van der Waals surface area contributed by atoms with Gasteiger partial charge in [0.25, 0.3) is 0 Å². The van der Waals surface area contributed by atoms with E-state index in [0.717, 1.165) is 0 Å². The van der Waals surface area contributed by atoms with Gasteiger partial charge in [-0.05, 0) is 48.2 Å². The number of rotatable bonds is 2. The fourth-order valence-corrected chi connectivity index (χ4v) is 1.88. The molecule has 0 radical (unpaired) electrons. The van der Waals surface area contributed by atoms with E-state index in [1.54, 1.807) is 0 Å². The third-order valence-corrected chi connectivity index (χ3v) is 2.72. The minimum Gasteiger partial charge on any atom is -0.265 e. The van der Waals surface area contributed by atoms with Crippen molar-refractivity contribution in [2.45, 2.75) is 13.8 Å². The largest absolute Gasteiger partial charge is 0.265 e. The van der Waals surface area contributed by atoms with Gasteiger partial charge in [-0.25, -0.2) is 0 Å². The highest BCUT2D eigenvalue weighted by molar-refractivity contribution is 5.80. The third-order valence-electron chi connectivity index (χ3n) is 2.72. The molecule has 0 aliphatic rings. The highest BCUT2D eigenvalue weighted by Gasteiger charge is 2.05.